The first-order valence-electron chi connectivity index (χ1n) is 7.95. The van der Waals surface area contributed by atoms with E-state index in [-0.39, 0.29) is 18.1 Å². The van der Waals surface area contributed by atoms with Crippen LogP contribution in [0, 0.1) is 5.82 Å². The molecular weight excluding hydrogens is 307 g/mol. The lowest BCUT2D eigenvalue weighted by Crippen LogP contribution is -2.23. The van der Waals surface area contributed by atoms with Crippen molar-refractivity contribution in [1.29, 1.82) is 0 Å². The summed E-state index contributed by atoms with van der Waals surface area (Å²) in [5, 5.41) is 0.804. The molecular formula is C19H19FN2O2. The van der Waals surface area contributed by atoms with Crippen LogP contribution in [0.3, 0.4) is 0 Å². The summed E-state index contributed by atoms with van der Waals surface area (Å²) < 4.78 is 13.7. The van der Waals surface area contributed by atoms with Gasteiger partial charge in [0.15, 0.2) is 0 Å². The van der Waals surface area contributed by atoms with Crippen molar-refractivity contribution in [2.45, 2.75) is 19.8 Å². The largest absolute Gasteiger partial charge is 0.354 e. The van der Waals surface area contributed by atoms with E-state index in [2.05, 4.69) is 10.5 Å². The molecule has 0 saturated heterocycles. The van der Waals surface area contributed by atoms with Crippen molar-refractivity contribution in [3.8, 4) is 11.3 Å². The van der Waals surface area contributed by atoms with E-state index in [1.54, 1.807) is 13.0 Å². The number of rotatable bonds is 6. The zero-order chi connectivity index (χ0) is 16.9. The van der Waals surface area contributed by atoms with Crippen LogP contribution >= 0.6 is 0 Å². The van der Waals surface area contributed by atoms with Crippen LogP contribution in [-0.2, 0) is 16.1 Å². The molecule has 124 valence electrons. The Kier molecular flexibility index (Phi) is 4.91. The van der Waals surface area contributed by atoms with E-state index >= 15 is 0 Å². The number of amides is 1. The predicted molar refractivity (Wildman–Crippen MR) is 91.8 cm³/mol. The van der Waals surface area contributed by atoms with Crippen molar-refractivity contribution in [2.75, 3.05) is 6.61 Å². The molecule has 3 rings (SSSR count). The number of nitrogens with one attached hydrogen (secondary N) is 2. The molecule has 1 aromatic heterocycles. The normalized spacial score (nSPS) is 10.9. The molecule has 24 heavy (non-hydrogen) atoms. The number of benzene rings is 2. The lowest BCUT2D eigenvalue weighted by Gasteiger charge is -2.06. The molecule has 0 aliphatic carbocycles. The number of hydrogen-bond acceptors (Lipinski definition) is 2. The fourth-order valence-corrected chi connectivity index (χ4v) is 2.77. The summed E-state index contributed by atoms with van der Waals surface area (Å²) in [6.45, 7) is 2.22. The van der Waals surface area contributed by atoms with E-state index < -0.39 is 0 Å². The van der Waals surface area contributed by atoms with Crippen LogP contribution in [0.15, 0.2) is 48.5 Å². The minimum absolute atomic E-state index is 0.193. The van der Waals surface area contributed by atoms with Crippen LogP contribution < -0.4 is 5.48 Å². The molecule has 2 aromatic carbocycles. The van der Waals surface area contributed by atoms with Crippen LogP contribution in [0.4, 0.5) is 4.39 Å². The quantitative estimate of drug-likeness (QED) is 0.673. The van der Waals surface area contributed by atoms with Gasteiger partial charge in [-0.2, -0.15) is 0 Å². The summed E-state index contributed by atoms with van der Waals surface area (Å²) in [4.78, 5) is 20.1. The number of carbonyl (C=O) groups is 1. The molecule has 0 bridgehead atoms. The molecule has 0 fully saturated rings. The van der Waals surface area contributed by atoms with Crippen LogP contribution in [-0.4, -0.2) is 17.5 Å². The highest BCUT2D eigenvalue weighted by atomic mass is 19.1. The number of hydroxylamine groups is 1. The first-order valence-corrected chi connectivity index (χ1v) is 7.95. The summed E-state index contributed by atoms with van der Waals surface area (Å²) in [6, 6.07) is 14.5. The highest BCUT2D eigenvalue weighted by molar-refractivity contribution is 5.91. The van der Waals surface area contributed by atoms with Crippen LogP contribution in [0.1, 0.15) is 18.9 Å². The van der Waals surface area contributed by atoms with E-state index in [1.165, 1.54) is 12.1 Å². The zero-order valence-corrected chi connectivity index (χ0v) is 13.4. The summed E-state index contributed by atoms with van der Waals surface area (Å²) in [7, 11) is 0. The molecule has 0 unspecified atom stereocenters. The zero-order valence-electron chi connectivity index (χ0n) is 13.4. The maximum Gasteiger partial charge on any atom is 0.243 e. The number of halogens is 1. The number of fused-ring (bicyclic) bond motifs is 1. The van der Waals surface area contributed by atoms with E-state index in [0.29, 0.717) is 13.0 Å². The molecule has 5 heteroatoms. The third-order valence-electron chi connectivity index (χ3n) is 3.86. The summed E-state index contributed by atoms with van der Waals surface area (Å²) in [5.74, 6) is -0.484. The van der Waals surface area contributed by atoms with Crippen LogP contribution in [0.2, 0.25) is 0 Å². The highest BCUT2D eigenvalue weighted by Crippen LogP contribution is 2.31. The number of aromatic amines is 1. The van der Waals surface area contributed by atoms with Gasteiger partial charge in [-0.3, -0.25) is 9.63 Å². The summed E-state index contributed by atoms with van der Waals surface area (Å²) >= 11 is 0. The molecule has 2 N–H and O–H groups in total. The fourth-order valence-electron chi connectivity index (χ4n) is 2.77. The topological polar surface area (TPSA) is 54.1 Å². The van der Waals surface area contributed by atoms with Crippen LogP contribution in [0.25, 0.3) is 22.2 Å². The number of H-pyrrole nitrogens is 1. The molecule has 0 saturated carbocycles. The van der Waals surface area contributed by atoms with Gasteiger partial charge in [0, 0.05) is 23.0 Å². The fraction of sp³-hybridized carbons (Fsp3) is 0.211. The van der Waals surface area contributed by atoms with Gasteiger partial charge < -0.3 is 4.98 Å². The average molecular weight is 326 g/mol. The molecule has 0 radical (unpaired) electrons. The molecule has 1 heterocycles. The van der Waals surface area contributed by atoms with Gasteiger partial charge >= 0.3 is 0 Å². The Morgan fingerprint density at radius 1 is 1.21 bits per heavy atom. The van der Waals surface area contributed by atoms with Gasteiger partial charge in [-0.25, -0.2) is 9.87 Å². The maximum atomic E-state index is 13.7. The molecule has 4 nitrogen and oxygen atoms in total. The maximum absolute atomic E-state index is 13.7. The Morgan fingerprint density at radius 2 is 2.00 bits per heavy atom. The molecule has 0 spiro atoms. The lowest BCUT2D eigenvalue weighted by molar-refractivity contribution is -0.133. The van der Waals surface area contributed by atoms with E-state index in [9.17, 15) is 9.18 Å². The van der Waals surface area contributed by atoms with Crippen molar-refractivity contribution in [1.82, 2.24) is 10.5 Å². The Balaban J connectivity index is 1.96. The third kappa shape index (κ3) is 3.46. The smallest absolute Gasteiger partial charge is 0.243 e. The minimum atomic E-state index is -0.291. The second-order valence-corrected chi connectivity index (χ2v) is 5.49. The van der Waals surface area contributed by atoms with Gasteiger partial charge in [0.1, 0.15) is 5.82 Å². The van der Waals surface area contributed by atoms with Crippen molar-refractivity contribution in [3.05, 3.63) is 59.9 Å². The van der Waals surface area contributed by atoms with Gasteiger partial charge in [0.05, 0.1) is 6.61 Å². The highest BCUT2D eigenvalue weighted by Gasteiger charge is 2.15. The number of aryl methyl sites for hydroxylation is 1. The van der Waals surface area contributed by atoms with Crippen molar-refractivity contribution in [3.63, 3.8) is 0 Å². The number of hydrogen-bond donors (Lipinski definition) is 2. The second kappa shape index (κ2) is 7.27. The first-order chi connectivity index (χ1) is 11.7. The average Bonchev–Trinajstić information content (AvgIpc) is 2.96. The van der Waals surface area contributed by atoms with Gasteiger partial charge in [-0.1, -0.05) is 30.3 Å². The van der Waals surface area contributed by atoms with Crippen molar-refractivity contribution >= 4 is 16.8 Å². The molecule has 1 amide bonds. The van der Waals surface area contributed by atoms with Crippen LogP contribution in [0.5, 0.6) is 0 Å². The number of carbonyl (C=O) groups excluding carboxylic acids is 1. The molecule has 3 aromatic rings. The van der Waals surface area contributed by atoms with Crippen molar-refractivity contribution in [2.24, 2.45) is 0 Å². The Labute approximate surface area is 139 Å². The molecule has 0 aliphatic heterocycles. The monoisotopic (exact) mass is 326 g/mol. The summed E-state index contributed by atoms with van der Waals surface area (Å²) in [6.07, 6.45) is 0.760. The Bertz CT molecular complexity index is 843. The summed E-state index contributed by atoms with van der Waals surface area (Å²) in [5.41, 5.74) is 6.11. The SMILES string of the molecule is CCONC(=O)CCc1c(-c2ccccc2)[nH]c2ccc(F)cc12. The standard InChI is InChI=1S/C19H19FN2O2/c1-2-24-22-18(23)11-9-15-16-12-14(20)8-10-17(16)21-19(15)13-6-4-3-5-7-13/h3-8,10,12,21H,2,9,11H2,1H3,(H,22,23). The van der Waals surface area contributed by atoms with E-state index in [0.717, 1.165) is 27.7 Å². The first kappa shape index (κ1) is 16.2. The Hall–Kier alpha value is -2.66. The van der Waals surface area contributed by atoms with Crippen molar-refractivity contribution < 1.29 is 14.0 Å². The number of aromatic nitrogens is 1. The van der Waals surface area contributed by atoms with Gasteiger partial charge in [-0.15, -0.1) is 0 Å². The predicted octanol–water partition coefficient (Wildman–Crippen LogP) is 3.97. The molecule has 0 aliphatic rings. The van der Waals surface area contributed by atoms with Gasteiger partial charge in [-0.05, 0) is 42.7 Å². The van der Waals surface area contributed by atoms with E-state index in [4.69, 9.17) is 4.84 Å². The van der Waals surface area contributed by atoms with Gasteiger partial charge in [0.25, 0.3) is 0 Å². The molecule has 0 atom stereocenters. The third-order valence-corrected chi connectivity index (χ3v) is 3.86. The second-order valence-electron chi connectivity index (χ2n) is 5.49. The lowest BCUT2D eigenvalue weighted by atomic mass is 10.0. The van der Waals surface area contributed by atoms with Gasteiger partial charge in [0.2, 0.25) is 5.91 Å². The Morgan fingerprint density at radius 3 is 2.75 bits per heavy atom. The van der Waals surface area contributed by atoms with E-state index in [1.807, 2.05) is 30.3 Å². The minimum Gasteiger partial charge on any atom is -0.354 e.